The second-order valence-electron chi connectivity index (χ2n) is 4.26. The van der Waals surface area contributed by atoms with Crippen molar-refractivity contribution >= 4 is 5.91 Å². The summed E-state index contributed by atoms with van der Waals surface area (Å²) in [5.41, 5.74) is 0.946. The van der Waals surface area contributed by atoms with Crippen molar-refractivity contribution in [2.45, 2.75) is 13.8 Å². The number of nitrogens with zero attached hydrogens (tertiary/aromatic N) is 1. The standard InChI is InChI=1S/C14H18FNO2/c1-11(2)10-14(17)16(3)8-9-18-13-7-5-4-6-12(13)15/h4-7,10H,8-9H2,1-3H3. The molecule has 0 aliphatic carbocycles. The first-order valence-corrected chi connectivity index (χ1v) is 5.78. The van der Waals surface area contributed by atoms with Gasteiger partial charge in [0.1, 0.15) is 6.61 Å². The number of carbonyl (C=O) groups excluding carboxylic acids is 1. The molecular weight excluding hydrogens is 233 g/mol. The van der Waals surface area contributed by atoms with Crippen LogP contribution < -0.4 is 4.74 Å². The second-order valence-corrected chi connectivity index (χ2v) is 4.26. The van der Waals surface area contributed by atoms with Crippen molar-refractivity contribution in [3.8, 4) is 5.75 Å². The maximum absolute atomic E-state index is 13.2. The lowest BCUT2D eigenvalue weighted by Crippen LogP contribution is -2.29. The third-order valence-electron chi connectivity index (χ3n) is 2.31. The molecule has 0 saturated carbocycles. The number of carbonyl (C=O) groups is 1. The number of likely N-dealkylation sites (N-methyl/N-ethyl adjacent to an activating group) is 1. The van der Waals surface area contributed by atoms with E-state index in [0.29, 0.717) is 6.54 Å². The first-order chi connectivity index (χ1) is 8.50. The van der Waals surface area contributed by atoms with Gasteiger partial charge in [0.05, 0.1) is 6.54 Å². The van der Waals surface area contributed by atoms with Gasteiger partial charge in [-0.1, -0.05) is 17.7 Å². The summed E-state index contributed by atoms with van der Waals surface area (Å²) in [6, 6.07) is 6.21. The third-order valence-corrected chi connectivity index (χ3v) is 2.31. The summed E-state index contributed by atoms with van der Waals surface area (Å²) in [5.74, 6) is -0.261. The molecule has 0 N–H and O–H groups in total. The molecule has 18 heavy (non-hydrogen) atoms. The minimum absolute atomic E-state index is 0.0767. The van der Waals surface area contributed by atoms with Gasteiger partial charge >= 0.3 is 0 Å². The Bertz CT molecular complexity index is 439. The van der Waals surface area contributed by atoms with E-state index in [1.165, 1.54) is 11.0 Å². The molecule has 0 unspecified atom stereocenters. The largest absolute Gasteiger partial charge is 0.489 e. The minimum atomic E-state index is -0.393. The van der Waals surface area contributed by atoms with Gasteiger partial charge in [-0.15, -0.1) is 0 Å². The van der Waals surface area contributed by atoms with Crippen molar-refractivity contribution in [2.24, 2.45) is 0 Å². The molecule has 0 fully saturated rings. The predicted octanol–water partition coefficient (Wildman–Crippen LogP) is 2.63. The van der Waals surface area contributed by atoms with Crippen LogP contribution >= 0.6 is 0 Å². The van der Waals surface area contributed by atoms with Crippen molar-refractivity contribution in [3.05, 3.63) is 41.7 Å². The zero-order chi connectivity index (χ0) is 13.5. The van der Waals surface area contributed by atoms with Crippen molar-refractivity contribution in [2.75, 3.05) is 20.2 Å². The van der Waals surface area contributed by atoms with E-state index in [1.807, 2.05) is 13.8 Å². The Hall–Kier alpha value is -1.84. The Labute approximate surface area is 107 Å². The van der Waals surface area contributed by atoms with Crippen LogP contribution in [0.15, 0.2) is 35.9 Å². The van der Waals surface area contributed by atoms with Gasteiger partial charge in [0.25, 0.3) is 0 Å². The van der Waals surface area contributed by atoms with Crippen LogP contribution in [0.25, 0.3) is 0 Å². The maximum Gasteiger partial charge on any atom is 0.246 e. The molecule has 0 aliphatic heterocycles. The Morgan fingerprint density at radius 2 is 2.06 bits per heavy atom. The molecule has 1 amide bonds. The smallest absolute Gasteiger partial charge is 0.246 e. The lowest BCUT2D eigenvalue weighted by Gasteiger charge is -2.16. The van der Waals surface area contributed by atoms with Crippen LogP contribution in [-0.4, -0.2) is 31.0 Å². The molecule has 0 radical (unpaired) electrons. The number of para-hydroxylation sites is 1. The highest BCUT2D eigenvalue weighted by Crippen LogP contribution is 2.14. The molecule has 4 heteroatoms. The van der Waals surface area contributed by atoms with Crippen LogP contribution in [0, 0.1) is 5.82 Å². The molecule has 98 valence electrons. The van der Waals surface area contributed by atoms with Gasteiger partial charge in [0.2, 0.25) is 5.91 Å². The minimum Gasteiger partial charge on any atom is -0.489 e. The van der Waals surface area contributed by atoms with Gasteiger partial charge in [-0.25, -0.2) is 4.39 Å². The summed E-state index contributed by atoms with van der Waals surface area (Å²) in [4.78, 5) is 13.1. The number of rotatable bonds is 5. The predicted molar refractivity (Wildman–Crippen MR) is 69.0 cm³/mol. The third kappa shape index (κ3) is 4.57. The molecule has 0 saturated heterocycles. The van der Waals surface area contributed by atoms with Gasteiger partial charge in [-0.05, 0) is 26.0 Å². The highest BCUT2D eigenvalue weighted by molar-refractivity contribution is 5.87. The summed E-state index contributed by atoms with van der Waals surface area (Å²) in [6.45, 7) is 4.40. The maximum atomic E-state index is 13.2. The molecular formula is C14H18FNO2. The number of ether oxygens (including phenoxy) is 1. The number of allylic oxidation sites excluding steroid dienone is 1. The van der Waals surface area contributed by atoms with E-state index < -0.39 is 5.82 Å². The molecule has 0 aliphatic rings. The fraction of sp³-hybridized carbons (Fsp3) is 0.357. The van der Waals surface area contributed by atoms with Crippen LogP contribution in [0.1, 0.15) is 13.8 Å². The first kappa shape index (κ1) is 14.2. The van der Waals surface area contributed by atoms with E-state index in [9.17, 15) is 9.18 Å². The van der Waals surface area contributed by atoms with Gasteiger partial charge < -0.3 is 9.64 Å². The Morgan fingerprint density at radius 1 is 1.39 bits per heavy atom. The highest BCUT2D eigenvalue weighted by atomic mass is 19.1. The van der Waals surface area contributed by atoms with Gasteiger partial charge in [0.15, 0.2) is 11.6 Å². The Morgan fingerprint density at radius 3 is 2.67 bits per heavy atom. The van der Waals surface area contributed by atoms with Gasteiger partial charge in [-0.3, -0.25) is 4.79 Å². The van der Waals surface area contributed by atoms with Crippen molar-refractivity contribution in [1.29, 1.82) is 0 Å². The number of amides is 1. The average molecular weight is 251 g/mol. The van der Waals surface area contributed by atoms with E-state index in [1.54, 1.807) is 31.3 Å². The molecule has 0 bridgehead atoms. The van der Waals surface area contributed by atoms with Crippen molar-refractivity contribution < 1.29 is 13.9 Å². The quantitative estimate of drug-likeness (QED) is 0.753. The lowest BCUT2D eigenvalue weighted by molar-refractivity contribution is -0.125. The average Bonchev–Trinajstić information content (AvgIpc) is 2.30. The number of hydrogen-bond donors (Lipinski definition) is 0. The van der Waals surface area contributed by atoms with E-state index in [4.69, 9.17) is 4.74 Å². The zero-order valence-corrected chi connectivity index (χ0v) is 10.9. The number of hydrogen-bond acceptors (Lipinski definition) is 2. The summed E-state index contributed by atoms with van der Waals surface area (Å²) >= 11 is 0. The van der Waals surface area contributed by atoms with E-state index in [0.717, 1.165) is 5.57 Å². The van der Waals surface area contributed by atoms with E-state index in [-0.39, 0.29) is 18.3 Å². The SMILES string of the molecule is CC(C)=CC(=O)N(C)CCOc1ccccc1F. The molecule has 0 spiro atoms. The van der Waals surface area contributed by atoms with Crippen LogP contribution in [0.3, 0.4) is 0 Å². The molecule has 1 aromatic rings. The zero-order valence-electron chi connectivity index (χ0n) is 10.9. The van der Waals surface area contributed by atoms with E-state index in [2.05, 4.69) is 0 Å². The topological polar surface area (TPSA) is 29.5 Å². The van der Waals surface area contributed by atoms with Crippen molar-refractivity contribution in [3.63, 3.8) is 0 Å². The fourth-order valence-corrected chi connectivity index (χ4v) is 1.32. The molecule has 0 heterocycles. The normalized spacial score (nSPS) is 9.78. The van der Waals surface area contributed by atoms with Crippen LogP contribution in [0.5, 0.6) is 5.75 Å². The molecule has 3 nitrogen and oxygen atoms in total. The van der Waals surface area contributed by atoms with Crippen LogP contribution in [0.2, 0.25) is 0 Å². The summed E-state index contributed by atoms with van der Waals surface area (Å²) in [7, 11) is 1.69. The molecule has 0 atom stereocenters. The van der Waals surface area contributed by atoms with Crippen LogP contribution in [0.4, 0.5) is 4.39 Å². The summed E-state index contributed by atoms with van der Waals surface area (Å²) in [5, 5.41) is 0. The highest BCUT2D eigenvalue weighted by Gasteiger charge is 2.06. The number of benzene rings is 1. The van der Waals surface area contributed by atoms with Gasteiger partial charge in [0, 0.05) is 13.1 Å². The summed E-state index contributed by atoms with van der Waals surface area (Å²) in [6.07, 6.45) is 1.56. The Kier molecular flexibility index (Phi) is 5.36. The fourth-order valence-electron chi connectivity index (χ4n) is 1.32. The molecule has 1 aromatic carbocycles. The van der Waals surface area contributed by atoms with Crippen molar-refractivity contribution in [1.82, 2.24) is 4.90 Å². The van der Waals surface area contributed by atoms with E-state index >= 15 is 0 Å². The number of halogens is 1. The first-order valence-electron chi connectivity index (χ1n) is 5.78. The molecule has 1 rings (SSSR count). The Balaban J connectivity index is 2.41. The second kappa shape index (κ2) is 6.79. The molecule has 0 aromatic heterocycles. The lowest BCUT2D eigenvalue weighted by atomic mass is 10.3. The van der Waals surface area contributed by atoms with Crippen LogP contribution in [-0.2, 0) is 4.79 Å². The monoisotopic (exact) mass is 251 g/mol. The van der Waals surface area contributed by atoms with Gasteiger partial charge in [-0.2, -0.15) is 0 Å². The summed E-state index contributed by atoms with van der Waals surface area (Å²) < 4.78 is 18.5.